The maximum atomic E-state index is 12.4. The fraction of sp³-hybridized carbons (Fsp3) is 0.500. The number of rotatable bonds is 2. The molecule has 4 heterocycles. The highest BCUT2D eigenvalue weighted by atomic mass is 16.3. The van der Waals surface area contributed by atoms with Crippen molar-refractivity contribution >= 4 is 17.4 Å². The van der Waals surface area contributed by atoms with Gasteiger partial charge in [0.15, 0.2) is 5.65 Å². The number of anilines is 1. The number of amides is 1. The van der Waals surface area contributed by atoms with Crippen LogP contribution >= 0.6 is 0 Å². The first-order valence-corrected chi connectivity index (χ1v) is 7.29. The average Bonchev–Trinajstić information content (AvgIpc) is 3.11. The molecule has 2 aliphatic heterocycles. The van der Waals surface area contributed by atoms with Gasteiger partial charge in [0.2, 0.25) is 0 Å². The number of nitrogens with zero attached hydrogens (tertiary/aromatic N) is 5. The molecule has 0 aliphatic carbocycles. The molecule has 2 aromatic rings. The number of carbonyl (C=O) groups is 1. The minimum absolute atomic E-state index is 0.110. The Hall–Kier alpha value is -2.15. The summed E-state index contributed by atoms with van der Waals surface area (Å²) in [6.07, 6.45) is 5.37. The molecule has 0 unspecified atom stereocenters. The number of hydrogen-bond donors (Lipinski definition) is 1. The molecule has 1 N–H and O–H groups in total. The van der Waals surface area contributed by atoms with E-state index in [0.29, 0.717) is 24.3 Å². The summed E-state index contributed by atoms with van der Waals surface area (Å²) < 4.78 is 1.63. The molecule has 0 aromatic carbocycles. The molecule has 2 aromatic heterocycles. The van der Waals surface area contributed by atoms with Crippen LogP contribution in [0.15, 0.2) is 18.5 Å². The van der Waals surface area contributed by atoms with Crippen LogP contribution in [0.3, 0.4) is 0 Å². The SMILES string of the molecule is O=C(c1cnn2ccc(N3CCCC3)nc12)N1CC(O)C1. The van der Waals surface area contributed by atoms with Crippen LogP contribution in [0, 0.1) is 0 Å². The van der Waals surface area contributed by atoms with Gasteiger partial charge >= 0.3 is 0 Å². The highest BCUT2D eigenvalue weighted by Crippen LogP contribution is 2.21. The Bertz CT molecular complexity index is 686. The largest absolute Gasteiger partial charge is 0.389 e. The van der Waals surface area contributed by atoms with Gasteiger partial charge in [0.05, 0.1) is 12.3 Å². The molecule has 0 spiro atoms. The van der Waals surface area contributed by atoms with E-state index in [2.05, 4.69) is 15.0 Å². The van der Waals surface area contributed by atoms with Crippen molar-refractivity contribution in [1.82, 2.24) is 19.5 Å². The van der Waals surface area contributed by atoms with Crippen molar-refractivity contribution < 1.29 is 9.90 Å². The zero-order chi connectivity index (χ0) is 14.4. The number of aliphatic hydroxyl groups is 1. The van der Waals surface area contributed by atoms with Crippen molar-refractivity contribution in [2.45, 2.75) is 18.9 Å². The van der Waals surface area contributed by atoms with Gasteiger partial charge in [-0.3, -0.25) is 4.79 Å². The molecule has 2 aliphatic rings. The van der Waals surface area contributed by atoms with E-state index in [0.717, 1.165) is 18.9 Å². The lowest BCUT2D eigenvalue weighted by molar-refractivity contribution is 0.00601. The fourth-order valence-corrected chi connectivity index (χ4v) is 2.92. The van der Waals surface area contributed by atoms with Crippen molar-refractivity contribution in [1.29, 1.82) is 0 Å². The highest BCUT2D eigenvalue weighted by molar-refractivity contribution is 6.00. The lowest BCUT2D eigenvalue weighted by atomic mass is 10.1. The lowest BCUT2D eigenvalue weighted by Crippen LogP contribution is -2.53. The Labute approximate surface area is 121 Å². The summed E-state index contributed by atoms with van der Waals surface area (Å²) in [6, 6.07) is 1.94. The number of likely N-dealkylation sites (tertiary alicyclic amines) is 1. The predicted octanol–water partition coefficient (Wildman–Crippen LogP) is 0.146. The Morgan fingerprint density at radius 3 is 2.76 bits per heavy atom. The van der Waals surface area contributed by atoms with Gasteiger partial charge in [-0.1, -0.05) is 0 Å². The van der Waals surface area contributed by atoms with Gasteiger partial charge in [-0.05, 0) is 18.9 Å². The molecule has 0 atom stereocenters. The second-order valence-electron chi connectivity index (χ2n) is 5.67. The minimum atomic E-state index is -0.399. The molecule has 7 heteroatoms. The lowest BCUT2D eigenvalue weighted by Gasteiger charge is -2.35. The second-order valence-corrected chi connectivity index (χ2v) is 5.67. The summed E-state index contributed by atoms with van der Waals surface area (Å²) in [5, 5.41) is 13.5. The predicted molar refractivity (Wildman–Crippen MR) is 76.3 cm³/mol. The van der Waals surface area contributed by atoms with Gasteiger partial charge in [-0.25, -0.2) is 9.50 Å². The van der Waals surface area contributed by atoms with E-state index in [9.17, 15) is 9.90 Å². The molecular weight excluding hydrogens is 270 g/mol. The van der Waals surface area contributed by atoms with E-state index in [1.165, 1.54) is 12.8 Å². The third-order valence-corrected chi connectivity index (χ3v) is 4.16. The molecule has 2 fully saturated rings. The van der Waals surface area contributed by atoms with E-state index in [1.807, 2.05) is 12.3 Å². The van der Waals surface area contributed by atoms with Crippen LogP contribution in [0.4, 0.5) is 5.82 Å². The van der Waals surface area contributed by atoms with Gasteiger partial charge < -0.3 is 14.9 Å². The number of hydrogen-bond acceptors (Lipinski definition) is 5. The third-order valence-electron chi connectivity index (χ3n) is 4.16. The van der Waals surface area contributed by atoms with Crippen molar-refractivity contribution in [2.75, 3.05) is 31.1 Å². The molecule has 1 amide bonds. The smallest absolute Gasteiger partial charge is 0.259 e. The summed E-state index contributed by atoms with van der Waals surface area (Å²) in [5.74, 6) is 0.791. The number of carbonyl (C=O) groups excluding carboxylic acids is 1. The number of fused-ring (bicyclic) bond motifs is 1. The van der Waals surface area contributed by atoms with Gasteiger partial charge in [-0.2, -0.15) is 5.10 Å². The summed E-state index contributed by atoms with van der Waals surface area (Å²) in [7, 11) is 0. The second kappa shape index (κ2) is 4.70. The summed E-state index contributed by atoms with van der Waals surface area (Å²) >= 11 is 0. The van der Waals surface area contributed by atoms with E-state index in [4.69, 9.17) is 0 Å². The number of aliphatic hydroxyl groups excluding tert-OH is 1. The Kier molecular flexibility index (Phi) is 2.81. The molecule has 0 bridgehead atoms. The van der Waals surface area contributed by atoms with E-state index in [1.54, 1.807) is 15.6 Å². The zero-order valence-electron chi connectivity index (χ0n) is 11.6. The van der Waals surface area contributed by atoms with Crippen LogP contribution in [0.5, 0.6) is 0 Å². The molecule has 2 saturated heterocycles. The first-order valence-electron chi connectivity index (χ1n) is 7.29. The molecule has 110 valence electrons. The van der Waals surface area contributed by atoms with Gasteiger partial charge in [-0.15, -0.1) is 0 Å². The first-order chi connectivity index (χ1) is 10.2. The Morgan fingerprint density at radius 2 is 2.05 bits per heavy atom. The van der Waals surface area contributed by atoms with Crippen molar-refractivity contribution in [2.24, 2.45) is 0 Å². The quantitative estimate of drug-likeness (QED) is 0.851. The Balaban J connectivity index is 1.68. The van der Waals surface area contributed by atoms with E-state index < -0.39 is 6.10 Å². The maximum absolute atomic E-state index is 12.4. The normalized spacial score (nSPS) is 19.3. The van der Waals surface area contributed by atoms with E-state index in [-0.39, 0.29) is 5.91 Å². The highest BCUT2D eigenvalue weighted by Gasteiger charge is 2.31. The standard InChI is InChI=1S/C14H17N5O2/c20-10-8-18(9-10)14(21)11-7-15-19-6-3-12(16-13(11)19)17-4-1-2-5-17/h3,6-7,10,20H,1-2,4-5,8-9H2. The Morgan fingerprint density at radius 1 is 1.29 bits per heavy atom. The first kappa shape index (κ1) is 12.6. The van der Waals surface area contributed by atoms with Crippen LogP contribution in [-0.4, -0.2) is 62.8 Å². The molecule has 0 saturated carbocycles. The van der Waals surface area contributed by atoms with Gasteiger partial charge in [0.25, 0.3) is 5.91 Å². The summed E-state index contributed by atoms with van der Waals surface area (Å²) in [6.45, 7) is 2.81. The minimum Gasteiger partial charge on any atom is -0.389 e. The molecule has 4 rings (SSSR count). The molecule has 0 radical (unpaired) electrons. The van der Waals surface area contributed by atoms with Crippen LogP contribution in [0.1, 0.15) is 23.2 Å². The van der Waals surface area contributed by atoms with Crippen molar-refractivity contribution in [3.8, 4) is 0 Å². The van der Waals surface area contributed by atoms with E-state index >= 15 is 0 Å². The maximum Gasteiger partial charge on any atom is 0.259 e. The average molecular weight is 287 g/mol. The zero-order valence-corrected chi connectivity index (χ0v) is 11.6. The molecule has 21 heavy (non-hydrogen) atoms. The van der Waals surface area contributed by atoms with Crippen LogP contribution in [-0.2, 0) is 0 Å². The van der Waals surface area contributed by atoms with Crippen molar-refractivity contribution in [3.05, 3.63) is 24.0 Å². The van der Waals surface area contributed by atoms with Crippen LogP contribution in [0.25, 0.3) is 5.65 Å². The van der Waals surface area contributed by atoms with Crippen molar-refractivity contribution in [3.63, 3.8) is 0 Å². The van der Waals surface area contributed by atoms with Crippen LogP contribution in [0.2, 0.25) is 0 Å². The van der Waals surface area contributed by atoms with Gasteiger partial charge in [0, 0.05) is 32.4 Å². The monoisotopic (exact) mass is 287 g/mol. The van der Waals surface area contributed by atoms with Crippen LogP contribution < -0.4 is 4.90 Å². The van der Waals surface area contributed by atoms with Gasteiger partial charge in [0.1, 0.15) is 11.4 Å². The summed E-state index contributed by atoms with van der Waals surface area (Å²) in [5.41, 5.74) is 1.09. The third kappa shape index (κ3) is 2.04. The fourth-order valence-electron chi connectivity index (χ4n) is 2.92. The summed E-state index contributed by atoms with van der Waals surface area (Å²) in [4.78, 5) is 20.9. The number of aromatic nitrogens is 3. The molecule has 7 nitrogen and oxygen atoms in total. The molecular formula is C14H17N5O2. The number of β-amino-alcohol motifs (C(OH)–C–C–N with tert-alkyl or cyclic N) is 1. The topological polar surface area (TPSA) is 74.0 Å².